The lowest BCUT2D eigenvalue weighted by Crippen LogP contribution is -2.40. The van der Waals surface area contributed by atoms with E-state index in [2.05, 4.69) is 5.32 Å². The number of carbonyl (C=O) groups is 1. The molecule has 0 saturated heterocycles. The highest BCUT2D eigenvalue weighted by atomic mass is 32.2. The van der Waals surface area contributed by atoms with Crippen molar-refractivity contribution in [1.29, 1.82) is 0 Å². The van der Waals surface area contributed by atoms with E-state index in [1.165, 1.54) is 6.26 Å². The summed E-state index contributed by atoms with van der Waals surface area (Å²) in [4.78, 5) is 13.8. The van der Waals surface area contributed by atoms with Gasteiger partial charge in [0.05, 0.1) is 17.5 Å². The average molecular weight is 314 g/mol. The first-order valence-corrected chi connectivity index (χ1v) is 8.46. The van der Waals surface area contributed by atoms with E-state index < -0.39 is 9.84 Å². The average Bonchev–Trinajstić information content (AvgIpc) is 2.45. The maximum Gasteiger partial charge on any atom is 0.317 e. The smallest absolute Gasteiger partial charge is 0.317 e. The number of ether oxygens (including phenoxy) is 1. The molecule has 6 nitrogen and oxygen atoms in total. The van der Waals surface area contributed by atoms with Gasteiger partial charge in [-0.3, -0.25) is 0 Å². The van der Waals surface area contributed by atoms with Crippen LogP contribution in [0.5, 0.6) is 0 Å². The number of urea groups is 1. The molecule has 1 aromatic rings. The summed E-state index contributed by atoms with van der Waals surface area (Å²) >= 11 is 0. The fraction of sp³-hybridized carbons (Fsp3) is 0.500. The summed E-state index contributed by atoms with van der Waals surface area (Å²) in [6.07, 6.45) is 1.17. The number of sulfone groups is 1. The monoisotopic (exact) mass is 314 g/mol. The van der Waals surface area contributed by atoms with Gasteiger partial charge in [0, 0.05) is 27.0 Å². The zero-order valence-electron chi connectivity index (χ0n) is 12.8. The van der Waals surface area contributed by atoms with E-state index >= 15 is 0 Å². The van der Waals surface area contributed by atoms with E-state index in [9.17, 15) is 13.2 Å². The van der Waals surface area contributed by atoms with E-state index in [1.807, 2.05) is 6.92 Å². The van der Waals surface area contributed by atoms with Gasteiger partial charge in [-0.1, -0.05) is 12.1 Å². The van der Waals surface area contributed by atoms with E-state index in [1.54, 1.807) is 43.3 Å². The van der Waals surface area contributed by atoms with Crippen molar-refractivity contribution in [1.82, 2.24) is 10.2 Å². The molecule has 7 heteroatoms. The highest BCUT2D eigenvalue weighted by Gasteiger charge is 2.17. The van der Waals surface area contributed by atoms with Gasteiger partial charge in [-0.2, -0.15) is 0 Å². The number of hydrogen-bond donors (Lipinski definition) is 1. The first-order valence-electron chi connectivity index (χ1n) is 6.57. The third-order valence-corrected chi connectivity index (χ3v) is 4.40. The minimum absolute atomic E-state index is 0.166. The predicted octanol–water partition coefficient (Wildman–Crippen LogP) is 1.44. The Morgan fingerprint density at radius 1 is 1.33 bits per heavy atom. The van der Waals surface area contributed by atoms with Crippen LogP contribution in [0.3, 0.4) is 0 Å². The molecule has 0 spiro atoms. The van der Waals surface area contributed by atoms with E-state index in [4.69, 9.17) is 4.74 Å². The topological polar surface area (TPSA) is 75.7 Å². The molecule has 0 radical (unpaired) electrons. The molecule has 118 valence electrons. The third kappa shape index (κ3) is 5.02. The summed E-state index contributed by atoms with van der Waals surface area (Å²) in [6.45, 7) is 2.78. The second kappa shape index (κ2) is 7.42. The van der Waals surface area contributed by atoms with Crippen LogP contribution < -0.4 is 5.32 Å². The second-order valence-electron chi connectivity index (χ2n) is 4.85. The largest absolute Gasteiger partial charge is 0.383 e. The summed E-state index contributed by atoms with van der Waals surface area (Å²) in [7, 11) is 0.0594. The quantitative estimate of drug-likeness (QED) is 0.806. The molecule has 1 rings (SSSR count). The van der Waals surface area contributed by atoms with Crippen LogP contribution in [0.15, 0.2) is 29.2 Å². The molecule has 0 saturated carbocycles. The fourth-order valence-electron chi connectivity index (χ4n) is 1.78. The zero-order chi connectivity index (χ0) is 16.0. The lowest BCUT2D eigenvalue weighted by Gasteiger charge is -2.25. The summed E-state index contributed by atoms with van der Waals surface area (Å²) in [5.41, 5.74) is 0.867. The number of hydrogen-bond acceptors (Lipinski definition) is 4. The van der Waals surface area contributed by atoms with Crippen LogP contribution in [0, 0.1) is 0 Å². The van der Waals surface area contributed by atoms with E-state index in [0.717, 1.165) is 5.56 Å². The van der Waals surface area contributed by atoms with E-state index in [-0.39, 0.29) is 17.0 Å². The van der Waals surface area contributed by atoms with Crippen LogP contribution in [0.2, 0.25) is 0 Å². The molecule has 0 bridgehead atoms. The molecule has 2 amide bonds. The van der Waals surface area contributed by atoms with Gasteiger partial charge >= 0.3 is 6.03 Å². The molecule has 0 aliphatic rings. The first-order chi connectivity index (χ1) is 9.77. The van der Waals surface area contributed by atoms with Crippen LogP contribution in [0.25, 0.3) is 0 Å². The number of amides is 2. The minimum Gasteiger partial charge on any atom is -0.383 e. The number of nitrogens with zero attached hydrogens (tertiary/aromatic N) is 1. The molecular weight excluding hydrogens is 292 g/mol. The zero-order valence-corrected chi connectivity index (χ0v) is 13.6. The molecule has 0 aliphatic heterocycles. The maximum atomic E-state index is 11.9. The molecular formula is C14H22N2O4S. The van der Waals surface area contributed by atoms with Crippen molar-refractivity contribution in [2.24, 2.45) is 0 Å². The van der Waals surface area contributed by atoms with Crippen molar-refractivity contribution < 1.29 is 17.9 Å². The molecule has 1 aromatic carbocycles. The van der Waals surface area contributed by atoms with Gasteiger partial charge in [0.1, 0.15) is 0 Å². The minimum atomic E-state index is -3.20. The van der Waals surface area contributed by atoms with Crippen LogP contribution in [-0.4, -0.2) is 52.9 Å². The van der Waals surface area contributed by atoms with Crippen LogP contribution in [-0.2, 0) is 14.6 Å². The Bertz CT molecular complexity index is 569. The van der Waals surface area contributed by atoms with Gasteiger partial charge in [0.15, 0.2) is 9.84 Å². The standard InChI is InChI=1S/C14H22N2O4S/c1-11(16(2)14(17)15-9-10-20-3)12-5-7-13(8-6-12)21(4,18)19/h5-8,11H,9-10H2,1-4H3,(H,15,17). The van der Waals surface area contributed by atoms with Crippen molar-refractivity contribution in [3.8, 4) is 0 Å². The molecule has 0 aliphatic carbocycles. The van der Waals surface area contributed by atoms with Gasteiger partial charge in [-0.25, -0.2) is 13.2 Å². The number of carbonyl (C=O) groups excluding carboxylic acids is 1. The molecule has 0 heterocycles. The second-order valence-corrected chi connectivity index (χ2v) is 6.87. The van der Waals surface area contributed by atoms with Gasteiger partial charge < -0.3 is 15.0 Å². The van der Waals surface area contributed by atoms with Gasteiger partial charge in [-0.15, -0.1) is 0 Å². The Labute approximate surface area is 126 Å². The Kier molecular flexibility index (Phi) is 6.17. The Morgan fingerprint density at radius 2 is 1.90 bits per heavy atom. The van der Waals surface area contributed by atoms with E-state index in [0.29, 0.717) is 13.2 Å². The molecule has 0 aromatic heterocycles. The molecule has 1 unspecified atom stereocenters. The normalized spacial score (nSPS) is 12.8. The molecule has 1 N–H and O–H groups in total. The highest BCUT2D eigenvalue weighted by molar-refractivity contribution is 7.90. The Balaban J connectivity index is 2.74. The van der Waals surface area contributed by atoms with Crippen molar-refractivity contribution >= 4 is 15.9 Å². The number of rotatable bonds is 6. The van der Waals surface area contributed by atoms with Crippen molar-refractivity contribution in [2.75, 3.05) is 33.6 Å². The lowest BCUT2D eigenvalue weighted by atomic mass is 10.1. The number of benzene rings is 1. The first kappa shape index (κ1) is 17.5. The van der Waals surface area contributed by atoms with Crippen LogP contribution in [0.1, 0.15) is 18.5 Å². The Morgan fingerprint density at radius 3 is 2.38 bits per heavy atom. The van der Waals surface area contributed by atoms with Gasteiger partial charge in [0.2, 0.25) is 0 Å². The molecule has 1 atom stereocenters. The Hall–Kier alpha value is -1.60. The SMILES string of the molecule is COCCNC(=O)N(C)C(C)c1ccc(S(C)(=O)=O)cc1. The van der Waals surface area contributed by atoms with Crippen molar-refractivity contribution in [2.45, 2.75) is 17.9 Å². The maximum absolute atomic E-state index is 11.9. The summed E-state index contributed by atoms with van der Waals surface area (Å²) in [6, 6.07) is 6.18. The predicted molar refractivity (Wildman–Crippen MR) is 81.0 cm³/mol. The summed E-state index contributed by atoms with van der Waals surface area (Å²) in [5, 5.41) is 2.74. The number of methoxy groups -OCH3 is 1. The van der Waals surface area contributed by atoms with Crippen LogP contribution in [0.4, 0.5) is 4.79 Å². The highest BCUT2D eigenvalue weighted by Crippen LogP contribution is 2.20. The van der Waals surface area contributed by atoms with Crippen molar-refractivity contribution in [3.63, 3.8) is 0 Å². The molecule has 21 heavy (non-hydrogen) atoms. The summed E-state index contributed by atoms with van der Waals surface area (Å²) < 4.78 is 27.7. The number of nitrogens with one attached hydrogen (secondary N) is 1. The fourth-order valence-corrected chi connectivity index (χ4v) is 2.41. The van der Waals surface area contributed by atoms with Gasteiger partial charge in [0.25, 0.3) is 0 Å². The van der Waals surface area contributed by atoms with Crippen LogP contribution >= 0.6 is 0 Å². The van der Waals surface area contributed by atoms with Crippen molar-refractivity contribution in [3.05, 3.63) is 29.8 Å². The lowest BCUT2D eigenvalue weighted by molar-refractivity contribution is 0.177. The summed E-state index contributed by atoms with van der Waals surface area (Å²) in [5.74, 6) is 0. The third-order valence-electron chi connectivity index (χ3n) is 3.27. The van der Waals surface area contributed by atoms with Gasteiger partial charge in [-0.05, 0) is 24.6 Å². The molecule has 0 fully saturated rings.